The van der Waals surface area contributed by atoms with E-state index < -0.39 is 0 Å². The summed E-state index contributed by atoms with van der Waals surface area (Å²) >= 11 is 0. The van der Waals surface area contributed by atoms with E-state index in [2.05, 4.69) is 10.5 Å². The highest BCUT2D eigenvalue weighted by atomic mass is 19.1. The van der Waals surface area contributed by atoms with E-state index in [9.17, 15) is 9.18 Å². The SMILES string of the molecule is O=C(Cc1noc2ccccc12)NCC1(c2ccc(F)cc2)CCOCC1. The van der Waals surface area contributed by atoms with Crippen molar-refractivity contribution in [3.8, 4) is 0 Å². The predicted octanol–water partition coefficient (Wildman–Crippen LogP) is 3.37. The normalized spacial score (nSPS) is 16.3. The molecule has 4 rings (SSSR count). The van der Waals surface area contributed by atoms with Crippen molar-refractivity contribution in [3.63, 3.8) is 0 Å². The van der Waals surface area contributed by atoms with Crippen molar-refractivity contribution in [2.75, 3.05) is 19.8 Å². The zero-order valence-electron chi connectivity index (χ0n) is 14.9. The van der Waals surface area contributed by atoms with Gasteiger partial charge in [-0.1, -0.05) is 29.4 Å². The third-order valence-electron chi connectivity index (χ3n) is 5.31. The summed E-state index contributed by atoms with van der Waals surface area (Å²) in [5, 5.41) is 7.91. The van der Waals surface area contributed by atoms with Gasteiger partial charge in [0, 0.05) is 30.6 Å². The molecule has 27 heavy (non-hydrogen) atoms. The Morgan fingerprint density at radius 3 is 2.63 bits per heavy atom. The number of carbonyl (C=O) groups is 1. The van der Waals surface area contributed by atoms with Crippen molar-refractivity contribution in [1.82, 2.24) is 10.5 Å². The lowest BCUT2D eigenvalue weighted by Crippen LogP contribution is -2.45. The molecule has 1 saturated heterocycles. The van der Waals surface area contributed by atoms with Crippen molar-refractivity contribution < 1.29 is 18.4 Å². The lowest BCUT2D eigenvalue weighted by atomic mass is 9.74. The topological polar surface area (TPSA) is 64.4 Å². The minimum absolute atomic E-state index is 0.109. The van der Waals surface area contributed by atoms with Gasteiger partial charge in [0.1, 0.15) is 11.5 Å². The van der Waals surface area contributed by atoms with E-state index in [1.54, 1.807) is 12.1 Å². The Labute approximate surface area is 156 Å². The molecule has 6 heteroatoms. The first-order chi connectivity index (χ1) is 13.2. The van der Waals surface area contributed by atoms with Crippen LogP contribution < -0.4 is 5.32 Å². The number of amides is 1. The fourth-order valence-corrected chi connectivity index (χ4v) is 3.68. The Balaban J connectivity index is 1.47. The Hall–Kier alpha value is -2.73. The minimum atomic E-state index is -0.261. The number of fused-ring (bicyclic) bond motifs is 1. The van der Waals surface area contributed by atoms with Crippen molar-refractivity contribution >= 4 is 16.9 Å². The van der Waals surface area contributed by atoms with E-state index in [-0.39, 0.29) is 23.6 Å². The fraction of sp³-hybridized carbons (Fsp3) is 0.333. The molecule has 0 aliphatic carbocycles. The number of ether oxygens (including phenoxy) is 1. The van der Waals surface area contributed by atoms with Crippen molar-refractivity contribution in [3.05, 3.63) is 65.6 Å². The van der Waals surface area contributed by atoms with E-state index in [0.29, 0.717) is 31.0 Å². The van der Waals surface area contributed by atoms with Crippen molar-refractivity contribution in [2.24, 2.45) is 0 Å². The quantitative estimate of drug-likeness (QED) is 0.750. The number of hydrogen-bond acceptors (Lipinski definition) is 4. The van der Waals surface area contributed by atoms with Crippen LogP contribution in [0.3, 0.4) is 0 Å². The van der Waals surface area contributed by atoms with Gasteiger partial charge in [-0.15, -0.1) is 0 Å². The second kappa shape index (κ2) is 7.48. The van der Waals surface area contributed by atoms with Gasteiger partial charge in [-0.2, -0.15) is 0 Å². The molecule has 0 atom stereocenters. The van der Waals surface area contributed by atoms with Gasteiger partial charge in [0.05, 0.1) is 6.42 Å². The standard InChI is InChI=1S/C21H21FN2O3/c22-16-7-5-15(6-8-16)21(9-11-26-12-10-21)14-23-20(25)13-18-17-3-1-2-4-19(17)27-24-18/h1-8H,9-14H2,(H,23,25). The molecule has 0 saturated carbocycles. The maximum Gasteiger partial charge on any atom is 0.226 e. The highest BCUT2D eigenvalue weighted by molar-refractivity contribution is 5.86. The third-order valence-corrected chi connectivity index (χ3v) is 5.31. The average molecular weight is 368 g/mol. The van der Waals surface area contributed by atoms with E-state index in [4.69, 9.17) is 9.26 Å². The summed E-state index contributed by atoms with van der Waals surface area (Å²) in [6.07, 6.45) is 1.73. The molecule has 0 radical (unpaired) electrons. The third kappa shape index (κ3) is 3.71. The number of halogens is 1. The number of aromatic nitrogens is 1. The number of carbonyl (C=O) groups excluding carboxylic acids is 1. The van der Waals surface area contributed by atoms with Crippen LogP contribution in [0.2, 0.25) is 0 Å². The van der Waals surface area contributed by atoms with Gasteiger partial charge >= 0.3 is 0 Å². The minimum Gasteiger partial charge on any atom is -0.381 e. The molecule has 2 aromatic carbocycles. The monoisotopic (exact) mass is 368 g/mol. The molecule has 0 spiro atoms. The van der Waals surface area contributed by atoms with Gasteiger partial charge in [-0.25, -0.2) is 4.39 Å². The molecule has 5 nitrogen and oxygen atoms in total. The summed E-state index contributed by atoms with van der Waals surface area (Å²) in [6.45, 7) is 1.74. The van der Waals surface area contributed by atoms with Crippen LogP contribution in [-0.4, -0.2) is 30.8 Å². The van der Waals surface area contributed by atoms with E-state index in [1.165, 1.54) is 12.1 Å². The summed E-state index contributed by atoms with van der Waals surface area (Å²) in [4.78, 5) is 12.5. The van der Waals surface area contributed by atoms with Crippen LogP contribution in [0, 0.1) is 5.82 Å². The summed E-state index contributed by atoms with van der Waals surface area (Å²) in [7, 11) is 0. The Morgan fingerprint density at radius 1 is 1.11 bits per heavy atom. The number of benzene rings is 2. The summed E-state index contributed by atoms with van der Waals surface area (Å²) in [5.41, 5.74) is 2.09. The van der Waals surface area contributed by atoms with Crippen LogP contribution in [0.4, 0.5) is 4.39 Å². The second-order valence-electron chi connectivity index (χ2n) is 6.98. The first-order valence-corrected chi connectivity index (χ1v) is 9.10. The fourth-order valence-electron chi connectivity index (χ4n) is 3.68. The average Bonchev–Trinajstić information content (AvgIpc) is 3.11. The molecule has 1 N–H and O–H groups in total. The summed E-state index contributed by atoms with van der Waals surface area (Å²) in [6, 6.07) is 14.0. The van der Waals surface area contributed by atoms with Gasteiger partial charge < -0.3 is 14.6 Å². The zero-order chi connectivity index (χ0) is 18.7. The number of nitrogens with zero attached hydrogens (tertiary/aromatic N) is 1. The van der Waals surface area contributed by atoms with Gasteiger partial charge in [0.2, 0.25) is 5.91 Å². The van der Waals surface area contributed by atoms with E-state index in [1.807, 2.05) is 24.3 Å². The van der Waals surface area contributed by atoms with Crippen LogP contribution in [0.5, 0.6) is 0 Å². The molecule has 3 aromatic rings. The maximum absolute atomic E-state index is 13.3. The molecule has 0 bridgehead atoms. The number of rotatable bonds is 5. The zero-order valence-corrected chi connectivity index (χ0v) is 14.9. The smallest absolute Gasteiger partial charge is 0.226 e. The summed E-state index contributed by atoms with van der Waals surface area (Å²) in [5.74, 6) is -0.370. The molecule has 0 unspecified atom stereocenters. The molecular formula is C21H21FN2O3. The van der Waals surface area contributed by atoms with Crippen LogP contribution in [0.15, 0.2) is 53.1 Å². The van der Waals surface area contributed by atoms with Gasteiger partial charge in [-0.05, 0) is 42.7 Å². The van der Waals surface area contributed by atoms with Crippen LogP contribution >= 0.6 is 0 Å². The van der Waals surface area contributed by atoms with Gasteiger partial charge in [0.25, 0.3) is 0 Å². The molecule has 1 aliphatic heterocycles. The first kappa shape index (κ1) is 17.7. The lowest BCUT2D eigenvalue weighted by molar-refractivity contribution is -0.121. The van der Waals surface area contributed by atoms with Gasteiger partial charge in [0.15, 0.2) is 5.58 Å². The van der Waals surface area contributed by atoms with Crippen LogP contribution in [-0.2, 0) is 21.4 Å². The van der Waals surface area contributed by atoms with Crippen LogP contribution in [0.25, 0.3) is 11.0 Å². The number of para-hydroxylation sites is 1. The van der Waals surface area contributed by atoms with Crippen molar-refractivity contribution in [1.29, 1.82) is 0 Å². The predicted molar refractivity (Wildman–Crippen MR) is 98.9 cm³/mol. The highest BCUT2D eigenvalue weighted by Crippen LogP contribution is 2.34. The maximum atomic E-state index is 13.3. The van der Waals surface area contributed by atoms with Crippen LogP contribution in [0.1, 0.15) is 24.1 Å². The first-order valence-electron chi connectivity index (χ1n) is 9.10. The largest absolute Gasteiger partial charge is 0.381 e. The molecule has 1 aliphatic rings. The van der Waals surface area contributed by atoms with E-state index >= 15 is 0 Å². The molecular weight excluding hydrogens is 347 g/mol. The van der Waals surface area contributed by atoms with E-state index in [0.717, 1.165) is 23.8 Å². The summed E-state index contributed by atoms with van der Waals surface area (Å²) < 4.78 is 24.1. The molecule has 1 fully saturated rings. The number of hydrogen-bond donors (Lipinski definition) is 1. The number of nitrogens with one attached hydrogen (secondary N) is 1. The molecule has 1 amide bonds. The molecule has 1 aromatic heterocycles. The molecule has 2 heterocycles. The second-order valence-corrected chi connectivity index (χ2v) is 6.98. The molecule has 140 valence electrons. The Kier molecular flexibility index (Phi) is 4.90. The lowest BCUT2D eigenvalue weighted by Gasteiger charge is -2.38. The van der Waals surface area contributed by atoms with Gasteiger partial charge in [-0.3, -0.25) is 4.79 Å². The highest BCUT2D eigenvalue weighted by Gasteiger charge is 2.35. The Morgan fingerprint density at radius 2 is 1.85 bits per heavy atom. The van der Waals surface area contributed by atoms with Crippen molar-refractivity contribution in [2.45, 2.75) is 24.7 Å². The Bertz CT molecular complexity index is 930.